The number of nitrogens with one attached hydrogen (secondary N) is 2. The number of carbonyl (C=O) groups is 5. The van der Waals surface area contributed by atoms with Gasteiger partial charge in [-0.3, -0.25) is 29.1 Å². The molecule has 6 rings (SSSR count). The van der Waals surface area contributed by atoms with E-state index in [4.69, 9.17) is 16.3 Å². The average molecular weight is 764 g/mol. The van der Waals surface area contributed by atoms with E-state index >= 15 is 0 Å². The lowest BCUT2D eigenvalue weighted by atomic mass is 9.81. The SMILES string of the molecule is CC(=O)NCCC1(C(=O)N/C(=C\c2ccc(N3C(=O)C(Cc4cccnc4)N(C(=O)COc4ccccc4)C3c3ccc(Cl)cc3)cc2)C(=O)O)CCCC1. The Morgan fingerprint density at radius 1 is 0.964 bits per heavy atom. The molecule has 12 nitrogen and oxygen atoms in total. The number of benzene rings is 3. The highest BCUT2D eigenvalue weighted by molar-refractivity contribution is 6.30. The summed E-state index contributed by atoms with van der Waals surface area (Å²) < 4.78 is 5.87. The third-order valence-electron chi connectivity index (χ3n) is 10.1. The summed E-state index contributed by atoms with van der Waals surface area (Å²) in [5.41, 5.74) is 1.24. The van der Waals surface area contributed by atoms with Crippen LogP contribution in [0.2, 0.25) is 5.02 Å². The quantitative estimate of drug-likeness (QED) is 0.134. The smallest absolute Gasteiger partial charge is 0.352 e. The molecule has 1 aliphatic carbocycles. The third kappa shape index (κ3) is 9.21. The van der Waals surface area contributed by atoms with Gasteiger partial charge in [0.15, 0.2) is 6.61 Å². The van der Waals surface area contributed by atoms with Crippen molar-refractivity contribution in [1.29, 1.82) is 0 Å². The van der Waals surface area contributed by atoms with Gasteiger partial charge in [-0.1, -0.05) is 73.0 Å². The largest absolute Gasteiger partial charge is 0.484 e. The lowest BCUT2D eigenvalue weighted by Crippen LogP contribution is -2.43. The van der Waals surface area contributed by atoms with E-state index in [9.17, 15) is 29.1 Å². The lowest BCUT2D eigenvalue weighted by molar-refractivity contribution is -0.138. The van der Waals surface area contributed by atoms with Crippen molar-refractivity contribution in [2.75, 3.05) is 18.1 Å². The average Bonchev–Trinajstić information content (AvgIpc) is 3.78. The Morgan fingerprint density at radius 3 is 2.31 bits per heavy atom. The number of carboxylic acids is 1. The van der Waals surface area contributed by atoms with Crippen LogP contribution < -0.4 is 20.3 Å². The van der Waals surface area contributed by atoms with Crippen LogP contribution in [-0.2, 0) is 30.4 Å². The predicted molar refractivity (Wildman–Crippen MR) is 207 cm³/mol. The number of hydrogen-bond donors (Lipinski definition) is 3. The standard InChI is InChI=1S/C42H42ClN5O7/c1-28(49)45-23-21-42(19-5-6-20-42)41(54)46-35(40(52)53)24-29-11-17-33(18-12-29)47-38(31-13-15-32(43)16-14-31)48(37(50)27-55-34-9-3-2-4-10-34)36(39(47)51)25-30-8-7-22-44-26-30/h2-4,7-18,22,24,26,36,38H,5-6,19-21,23,25,27H2,1H3,(H,45,49)(H,46,54)(H,52,53)/b35-24-. The number of rotatable bonds is 14. The molecular formula is C42H42ClN5O7. The molecular weight excluding hydrogens is 722 g/mol. The molecule has 55 heavy (non-hydrogen) atoms. The molecule has 284 valence electrons. The van der Waals surface area contributed by atoms with E-state index in [-0.39, 0.29) is 30.5 Å². The molecule has 2 fully saturated rings. The molecule has 1 saturated carbocycles. The van der Waals surface area contributed by atoms with Crippen molar-refractivity contribution in [1.82, 2.24) is 20.5 Å². The number of carboxylic acid groups (broad SMARTS) is 1. The molecule has 1 aromatic heterocycles. The maximum atomic E-state index is 14.6. The fourth-order valence-corrected chi connectivity index (χ4v) is 7.43. The molecule has 3 aromatic carbocycles. The number of hydrogen-bond acceptors (Lipinski definition) is 7. The normalized spacial score (nSPS) is 17.9. The number of para-hydroxylation sites is 1. The number of halogens is 1. The summed E-state index contributed by atoms with van der Waals surface area (Å²) in [5, 5.41) is 16.0. The van der Waals surface area contributed by atoms with E-state index in [0.717, 1.165) is 18.4 Å². The molecule has 2 unspecified atom stereocenters. The first-order chi connectivity index (χ1) is 26.5. The fourth-order valence-electron chi connectivity index (χ4n) is 7.31. The van der Waals surface area contributed by atoms with Crippen LogP contribution in [0.1, 0.15) is 61.9 Å². The molecule has 4 aromatic rings. The fraction of sp³-hybridized carbons (Fsp3) is 0.286. The number of ether oxygens (including phenoxy) is 1. The number of anilines is 1. The van der Waals surface area contributed by atoms with Crippen molar-refractivity contribution >= 4 is 53.0 Å². The number of carbonyl (C=O) groups excluding carboxylic acids is 4. The molecule has 0 spiro atoms. The Morgan fingerprint density at radius 2 is 1.67 bits per heavy atom. The van der Waals surface area contributed by atoms with Gasteiger partial charge in [0, 0.05) is 43.0 Å². The highest BCUT2D eigenvalue weighted by Crippen LogP contribution is 2.42. The van der Waals surface area contributed by atoms with Crippen LogP contribution in [0.3, 0.4) is 0 Å². The monoisotopic (exact) mass is 763 g/mol. The van der Waals surface area contributed by atoms with Crippen molar-refractivity contribution in [3.63, 3.8) is 0 Å². The minimum atomic E-state index is -1.31. The van der Waals surface area contributed by atoms with E-state index in [1.165, 1.54) is 17.9 Å². The van der Waals surface area contributed by atoms with Crippen LogP contribution in [0.5, 0.6) is 5.75 Å². The van der Waals surface area contributed by atoms with E-state index in [1.54, 1.807) is 96.2 Å². The summed E-state index contributed by atoms with van der Waals surface area (Å²) in [5.74, 6) is -2.13. The van der Waals surface area contributed by atoms with Crippen LogP contribution in [0.15, 0.2) is 109 Å². The number of aromatic nitrogens is 1. The number of nitrogens with zero attached hydrogens (tertiary/aromatic N) is 3. The number of amides is 4. The Labute approximate surface area is 324 Å². The van der Waals surface area contributed by atoms with Crippen LogP contribution >= 0.6 is 11.6 Å². The van der Waals surface area contributed by atoms with Gasteiger partial charge in [0.05, 0.1) is 5.41 Å². The zero-order valence-corrected chi connectivity index (χ0v) is 31.1. The second-order valence-corrected chi connectivity index (χ2v) is 14.2. The molecule has 1 aliphatic heterocycles. The Hall–Kier alpha value is -6.01. The van der Waals surface area contributed by atoms with Crippen molar-refractivity contribution in [2.45, 2.75) is 57.7 Å². The van der Waals surface area contributed by atoms with Crippen molar-refractivity contribution < 1.29 is 33.8 Å². The van der Waals surface area contributed by atoms with E-state index in [2.05, 4.69) is 15.6 Å². The lowest BCUT2D eigenvalue weighted by Gasteiger charge is -2.32. The molecule has 2 atom stereocenters. The van der Waals surface area contributed by atoms with E-state index in [0.29, 0.717) is 53.4 Å². The summed E-state index contributed by atoms with van der Waals surface area (Å²) in [6.07, 6.45) is 7.23. The topological polar surface area (TPSA) is 158 Å². The zero-order chi connectivity index (χ0) is 39.0. The Bertz CT molecular complexity index is 2040. The van der Waals surface area contributed by atoms with Crippen molar-refractivity contribution in [3.05, 3.63) is 131 Å². The molecule has 3 N–H and O–H groups in total. The molecule has 1 saturated heterocycles. The Balaban J connectivity index is 1.31. The summed E-state index contributed by atoms with van der Waals surface area (Å²) in [6.45, 7) is 1.41. The summed E-state index contributed by atoms with van der Waals surface area (Å²) in [6, 6.07) is 25.2. The third-order valence-corrected chi connectivity index (χ3v) is 10.3. The zero-order valence-electron chi connectivity index (χ0n) is 30.3. The minimum Gasteiger partial charge on any atom is -0.484 e. The van der Waals surface area contributed by atoms with E-state index in [1.807, 2.05) is 12.1 Å². The first-order valence-electron chi connectivity index (χ1n) is 18.1. The van der Waals surface area contributed by atoms with Crippen LogP contribution in [0.25, 0.3) is 6.08 Å². The van der Waals surface area contributed by atoms with Gasteiger partial charge < -0.3 is 25.4 Å². The molecule has 0 radical (unpaired) electrons. The summed E-state index contributed by atoms with van der Waals surface area (Å²) in [4.78, 5) is 73.5. The van der Waals surface area contributed by atoms with Crippen molar-refractivity contribution in [2.24, 2.45) is 5.41 Å². The van der Waals surface area contributed by atoms with Crippen LogP contribution in [0, 0.1) is 5.41 Å². The minimum absolute atomic E-state index is 0.194. The van der Waals surface area contributed by atoms with Gasteiger partial charge in [-0.05, 0) is 84.5 Å². The van der Waals surface area contributed by atoms with Gasteiger partial charge >= 0.3 is 5.97 Å². The van der Waals surface area contributed by atoms with E-state index < -0.39 is 35.4 Å². The highest BCUT2D eigenvalue weighted by Gasteiger charge is 2.50. The second kappa shape index (κ2) is 17.4. The summed E-state index contributed by atoms with van der Waals surface area (Å²) >= 11 is 6.27. The van der Waals surface area contributed by atoms with Gasteiger partial charge in [-0.2, -0.15) is 0 Å². The maximum Gasteiger partial charge on any atom is 0.352 e. The van der Waals surface area contributed by atoms with Crippen molar-refractivity contribution in [3.8, 4) is 5.75 Å². The van der Waals surface area contributed by atoms with Gasteiger partial charge in [-0.25, -0.2) is 4.79 Å². The maximum absolute atomic E-state index is 14.6. The molecule has 2 aliphatic rings. The first kappa shape index (κ1) is 38.7. The summed E-state index contributed by atoms with van der Waals surface area (Å²) in [7, 11) is 0. The van der Waals surface area contributed by atoms with Crippen LogP contribution in [-0.4, -0.2) is 63.8 Å². The first-order valence-corrected chi connectivity index (χ1v) is 18.5. The highest BCUT2D eigenvalue weighted by atomic mass is 35.5. The van der Waals surface area contributed by atoms with Gasteiger partial charge in [-0.15, -0.1) is 0 Å². The van der Waals surface area contributed by atoms with Gasteiger partial charge in [0.25, 0.3) is 11.8 Å². The molecule has 13 heteroatoms. The predicted octanol–water partition coefficient (Wildman–Crippen LogP) is 5.93. The van der Waals surface area contributed by atoms with Gasteiger partial charge in [0.2, 0.25) is 11.8 Å². The second-order valence-electron chi connectivity index (χ2n) is 13.7. The number of aliphatic carboxylic acids is 1. The molecule has 2 heterocycles. The number of pyridine rings is 1. The Kier molecular flexibility index (Phi) is 12.3. The van der Waals surface area contributed by atoms with Gasteiger partial charge in [0.1, 0.15) is 23.7 Å². The van der Waals surface area contributed by atoms with Crippen LogP contribution in [0.4, 0.5) is 5.69 Å². The molecule has 0 bridgehead atoms. The molecule has 4 amide bonds.